The van der Waals surface area contributed by atoms with Gasteiger partial charge in [0, 0.05) is 20.2 Å². The van der Waals surface area contributed by atoms with E-state index in [9.17, 15) is 5.11 Å². The van der Waals surface area contributed by atoms with E-state index in [-0.39, 0.29) is 0 Å². The Bertz CT molecular complexity index is 361. The molecule has 1 fully saturated rings. The number of anilines is 1. The highest BCUT2D eigenvalue weighted by atomic mass is 16.5. The van der Waals surface area contributed by atoms with Gasteiger partial charge in [-0.05, 0) is 37.8 Å². The minimum Gasteiger partial charge on any atom is -0.387 e. The van der Waals surface area contributed by atoms with E-state index in [0.717, 1.165) is 31.4 Å². The van der Waals surface area contributed by atoms with E-state index < -0.39 is 6.10 Å². The summed E-state index contributed by atoms with van der Waals surface area (Å²) in [6.07, 6.45) is 3.95. The van der Waals surface area contributed by atoms with Crippen LogP contribution in [-0.4, -0.2) is 36.9 Å². The molecule has 2 rings (SSSR count). The number of aliphatic hydroxyl groups is 1. The van der Waals surface area contributed by atoms with Crippen molar-refractivity contribution in [1.82, 2.24) is 4.98 Å². The molecule has 100 valence electrons. The molecule has 1 N–H and O–H groups in total. The van der Waals surface area contributed by atoms with Gasteiger partial charge in [-0.15, -0.1) is 0 Å². The summed E-state index contributed by atoms with van der Waals surface area (Å²) in [5.41, 5.74) is 1.76. The summed E-state index contributed by atoms with van der Waals surface area (Å²) >= 11 is 0. The molecule has 0 amide bonds. The number of pyridine rings is 1. The molecule has 1 aliphatic carbocycles. The number of likely N-dealkylation sites (N-methyl/N-ethyl adjacent to an activating group) is 1. The summed E-state index contributed by atoms with van der Waals surface area (Å²) in [6.45, 7) is 4.25. The van der Waals surface area contributed by atoms with Gasteiger partial charge in [-0.25, -0.2) is 0 Å². The van der Waals surface area contributed by atoms with Gasteiger partial charge < -0.3 is 14.7 Å². The Kier molecular flexibility index (Phi) is 4.55. The van der Waals surface area contributed by atoms with Gasteiger partial charge >= 0.3 is 0 Å². The highest BCUT2D eigenvalue weighted by molar-refractivity contribution is 5.43. The van der Waals surface area contributed by atoms with Crippen LogP contribution in [0.3, 0.4) is 0 Å². The Hall–Kier alpha value is -1.13. The highest BCUT2D eigenvalue weighted by Gasteiger charge is 2.20. The van der Waals surface area contributed by atoms with E-state index in [1.807, 2.05) is 19.2 Å². The average molecular weight is 250 g/mol. The van der Waals surface area contributed by atoms with Crippen LogP contribution in [0.5, 0.6) is 0 Å². The van der Waals surface area contributed by atoms with Crippen LogP contribution in [0, 0.1) is 5.92 Å². The molecule has 1 atom stereocenters. The zero-order valence-corrected chi connectivity index (χ0v) is 11.2. The van der Waals surface area contributed by atoms with Crippen LogP contribution >= 0.6 is 0 Å². The van der Waals surface area contributed by atoms with Crippen molar-refractivity contribution in [3.05, 3.63) is 24.0 Å². The largest absolute Gasteiger partial charge is 0.387 e. The second-order valence-corrected chi connectivity index (χ2v) is 5.06. The molecule has 1 aromatic rings. The molecule has 1 aromatic heterocycles. The summed E-state index contributed by atoms with van der Waals surface area (Å²) in [7, 11) is 2.03. The maximum Gasteiger partial charge on any atom is 0.0931 e. The summed E-state index contributed by atoms with van der Waals surface area (Å²) in [6, 6.07) is 3.84. The lowest BCUT2D eigenvalue weighted by Crippen LogP contribution is -2.23. The zero-order valence-electron chi connectivity index (χ0n) is 11.2. The first-order valence-electron chi connectivity index (χ1n) is 6.59. The maximum atomic E-state index is 9.39. The third-order valence-corrected chi connectivity index (χ3v) is 3.26. The number of ether oxygens (including phenoxy) is 1. The second-order valence-electron chi connectivity index (χ2n) is 5.06. The van der Waals surface area contributed by atoms with Crippen LogP contribution in [-0.2, 0) is 4.74 Å². The first-order chi connectivity index (χ1) is 8.66. The van der Waals surface area contributed by atoms with E-state index in [0.29, 0.717) is 5.69 Å². The van der Waals surface area contributed by atoms with Crippen LogP contribution in [0.2, 0.25) is 0 Å². The van der Waals surface area contributed by atoms with Gasteiger partial charge in [0.15, 0.2) is 0 Å². The number of rotatable bonds is 7. The van der Waals surface area contributed by atoms with Crippen molar-refractivity contribution in [2.45, 2.75) is 25.9 Å². The van der Waals surface area contributed by atoms with Crippen molar-refractivity contribution in [2.75, 3.05) is 31.7 Å². The van der Waals surface area contributed by atoms with Crippen LogP contribution < -0.4 is 4.90 Å². The molecule has 0 radical (unpaired) electrons. The third kappa shape index (κ3) is 3.96. The number of aliphatic hydroxyl groups excluding tert-OH is 1. The molecule has 1 aliphatic rings. The number of aromatic nitrogens is 1. The van der Waals surface area contributed by atoms with Crippen molar-refractivity contribution >= 4 is 5.69 Å². The normalized spacial score (nSPS) is 16.6. The van der Waals surface area contributed by atoms with Crippen LogP contribution in [0.1, 0.15) is 31.6 Å². The van der Waals surface area contributed by atoms with Crippen molar-refractivity contribution in [2.24, 2.45) is 5.92 Å². The summed E-state index contributed by atoms with van der Waals surface area (Å²) < 4.78 is 5.61. The van der Waals surface area contributed by atoms with Gasteiger partial charge in [-0.1, -0.05) is 0 Å². The first kappa shape index (κ1) is 13.3. The zero-order chi connectivity index (χ0) is 13.0. The summed E-state index contributed by atoms with van der Waals surface area (Å²) in [5, 5.41) is 9.39. The molecule has 0 bridgehead atoms. The third-order valence-electron chi connectivity index (χ3n) is 3.26. The fourth-order valence-corrected chi connectivity index (χ4v) is 1.74. The van der Waals surface area contributed by atoms with Gasteiger partial charge in [0.2, 0.25) is 0 Å². The molecule has 0 spiro atoms. The predicted octanol–water partition coefficient (Wildman–Crippen LogP) is 2.00. The molecule has 4 heteroatoms. The smallest absolute Gasteiger partial charge is 0.0931 e. The highest BCUT2D eigenvalue weighted by Crippen LogP contribution is 2.28. The van der Waals surface area contributed by atoms with Gasteiger partial charge in [0.25, 0.3) is 0 Å². The van der Waals surface area contributed by atoms with E-state index >= 15 is 0 Å². The second kappa shape index (κ2) is 6.16. The van der Waals surface area contributed by atoms with E-state index in [2.05, 4.69) is 9.88 Å². The summed E-state index contributed by atoms with van der Waals surface area (Å²) in [4.78, 5) is 6.35. The van der Waals surface area contributed by atoms with Gasteiger partial charge in [0.05, 0.1) is 30.3 Å². The molecular formula is C14H22N2O2. The lowest BCUT2D eigenvalue weighted by atomic mass is 10.2. The maximum absolute atomic E-state index is 9.39. The Morgan fingerprint density at radius 2 is 2.28 bits per heavy atom. The Morgan fingerprint density at radius 3 is 2.83 bits per heavy atom. The monoisotopic (exact) mass is 250 g/mol. The fourth-order valence-electron chi connectivity index (χ4n) is 1.74. The average Bonchev–Trinajstić information content (AvgIpc) is 3.18. The standard InChI is InChI=1S/C14H22N2O2/c1-11(17)14-6-5-13(9-15-14)16(2)7-8-18-10-12-3-4-12/h5-6,9,11-12,17H,3-4,7-8,10H2,1-2H3. The van der Waals surface area contributed by atoms with E-state index in [4.69, 9.17) is 4.74 Å². The lowest BCUT2D eigenvalue weighted by molar-refractivity contribution is 0.131. The Balaban J connectivity index is 1.74. The summed E-state index contributed by atoms with van der Waals surface area (Å²) in [5.74, 6) is 0.822. The molecule has 1 unspecified atom stereocenters. The minimum absolute atomic E-state index is 0.508. The molecule has 0 aromatic carbocycles. The van der Waals surface area contributed by atoms with E-state index in [1.165, 1.54) is 12.8 Å². The minimum atomic E-state index is -0.508. The van der Waals surface area contributed by atoms with Gasteiger partial charge in [-0.3, -0.25) is 4.98 Å². The van der Waals surface area contributed by atoms with Crippen LogP contribution in [0.15, 0.2) is 18.3 Å². The molecule has 0 aliphatic heterocycles. The van der Waals surface area contributed by atoms with E-state index in [1.54, 1.807) is 13.1 Å². The number of hydrogen-bond donors (Lipinski definition) is 1. The van der Waals surface area contributed by atoms with Gasteiger partial charge in [0.1, 0.15) is 0 Å². The molecule has 18 heavy (non-hydrogen) atoms. The molecule has 0 saturated heterocycles. The first-order valence-corrected chi connectivity index (χ1v) is 6.59. The predicted molar refractivity (Wildman–Crippen MR) is 71.7 cm³/mol. The van der Waals surface area contributed by atoms with Crippen LogP contribution in [0.25, 0.3) is 0 Å². The molecule has 1 heterocycles. The van der Waals surface area contributed by atoms with Crippen molar-refractivity contribution in [3.8, 4) is 0 Å². The lowest BCUT2D eigenvalue weighted by Gasteiger charge is -2.19. The molecular weight excluding hydrogens is 228 g/mol. The molecule has 1 saturated carbocycles. The number of nitrogens with zero attached hydrogens (tertiary/aromatic N) is 2. The SMILES string of the molecule is CC(O)c1ccc(N(C)CCOCC2CC2)cn1. The van der Waals surface area contributed by atoms with Crippen molar-refractivity contribution in [1.29, 1.82) is 0 Å². The Labute approximate surface area is 109 Å². The fraction of sp³-hybridized carbons (Fsp3) is 0.643. The van der Waals surface area contributed by atoms with Gasteiger partial charge in [-0.2, -0.15) is 0 Å². The van der Waals surface area contributed by atoms with Crippen molar-refractivity contribution < 1.29 is 9.84 Å². The Morgan fingerprint density at radius 1 is 1.50 bits per heavy atom. The quantitative estimate of drug-likeness (QED) is 0.752. The topological polar surface area (TPSA) is 45.6 Å². The van der Waals surface area contributed by atoms with Crippen LogP contribution in [0.4, 0.5) is 5.69 Å². The number of hydrogen-bond acceptors (Lipinski definition) is 4. The van der Waals surface area contributed by atoms with Crippen molar-refractivity contribution in [3.63, 3.8) is 0 Å². The molecule has 4 nitrogen and oxygen atoms in total.